The second-order valence-corrected chi connectivity index (χ2v) is 7.64. The Morgan fingerprint density at radius 2 is 1.94 bits per heavy atom. The number of benzene rings is 1. The zero-order chi connectivity index (χ0) is 24.1. The lowest BCUT2D eigenvalue weighted by molar-refractivity contribution is 0.0513. The van der Waals surface area contributed by atoms with Crippen molar-refractivity contribution in [1.29, 1.82) is 0 Å². The van der Waals surface area contributed by atoms with E-state index in [9.17, 15) is 9.59 Å². The molecule has 174 valence electrons. The molecule has 0 fully saturated rings. The average molecular weight is 460 g/mol. The molecule has 1 N–H and O–H groups in total. The fourth-order valence-electron chi connectivity index (χ4n) is 3.64. The summed E-state index contributed by atoms with van der Waals surface area (Å²) in [4.78, 5) is 45.2. The van der Waals surface area contributed by atoms with Gasteiger partial charge in [0.05, 0.1) is 29.4 Å². The van der Waals surface area contributed by atoms with Crippen LogP contribution in [-0.2, 0) is 11.3 Å². The fraction of sp³-hybridized carbons (Fsp3) is 0.240. The number of aromatic nitrogens is 4. The number of hydrogen-bond acceptors (Lipinski definition) is 8. The predicted molar refractivity (Wildman–Crippen MR) is 127 cm³/mol. The van der Waals surface area contributed by atoms with Crippen LogP contribution in [0.4, 0.5) is 5.69 Å². The van der Waals surface area contributed by atoms with E-state index in [0.717, 1.165) is 15.9 Å². The van der Waals surface area contributed by atoms with E-state index in [4.69, 9.17) is 9.57 Å². The average Bonchev–Trinajstić information content (AvgIpc) is 2.85. The number of carbonyl (C=O) groups excluding carboxylic acids is 1. The van der Waals surface area contributed by atoms with Gasteiger partial charge in [0, 0.05) is 12.4 Å². The van der Waals surface area contributed by atoms with Gasteiger partial charge in [-0.05, 0) is 38.0 Å². The highest BCUT2D eigenvalue weighted by atomic mass is 16.7. The van der Waals surface area contributed by atoms with E-state index in [1.54, 1.807) is 26.2 Å². The van der Waals surface area contributed by atoms with Crippen LogP contribution in [0.15, 0.2) is 66.0 Å². The van der Waals surface area contributed by atoms with Gasteiger partial charge < -0.3 is 14.9 Å². The monoisotopic (exact) mass is 459 g/mol. The molecule has 3 heterocycles. The van der Waals surface area contributed by atoms with Gasteiger partial charge in [-0.1, -0.05) is 36.4 Å². The van der Waals surface area contributed by atoms with Crippen LogP contribution in [0.25, 0.3) is 11.0 Å². The van der Waals surface area contributed by atoms with Gasteiger partial charge in [-0.15, -0.1) is 4.73 Å². The van der Waals surface area contributed by atoms with Crippen LogP contribution in [-0.4, -0.2) is 32.3 Å². The molecule has 0 saturated heterocycles. The first-order chi connectivity index (χ1) is 16.5. The number of anilines is 1. The van der Waals surface area contributed by atoms with Crippen LogP contribution in [0, 0.1) is 6.92 Å². The Balaban J connectivity index is 1.90. The molecular formula is C25H25N5O4. The maximum Gasteiger partial charge on any atom is 0.346 e. The lowest BCUT2D eigenvalue weighted by atomic mass is 10.1. The first-order valence-corrected chi connectivity index (χ1v) is 10.9. The predicted octanol–water partition coefficient (Wildman–Crippen LogP) is 3.47. The first-order valence-electron chi connectivity index (χ1n) is 10.9. The number of carbonyl (C=O) groups is 1. The summed E-state index contributed by atoms with van der Waals surface area (Å²) in [5, 5.41) is 3.80. The van der Waals surface area contributed by atoms with Crippen LogP contribution in [0.2, 0.25) is 0 Å². The largest absolute Gasteiger partial charge is 0.462 e. The molecule has 4 rings (SSSR count). The Morgan fingerprint density at radius 1 is 1.15 bits per heavy atom. The minimum atomic E-state index is -0.754. The van der Waals surface area contributed by atoms with Crippen LogP contribution in [0.1, 0.15) is 47.1 Å². The van der Waals surface area contributed by atoms with Gasteiger partial charge in [0.25, 0.3) is 0 Å². The summed E-state index contributed by atoms with van der Waals surface area (Å²) in [5.74, 6) is -0.754. The Labute approximate surface area is 196 Å². The quantitative estimate of drug-likeness (QED) is 0.399. The third kappa shape index (κ3) is 4.59. The highest BCUT2D eigenvalue weighted by Crippen LogP contribution is 2.30. The standard InChI is InChI=1S/C25H25N5O4/c1-4-33-25(32)21-22(29-16(2)19-11-8-12-26-13-19)20-17(3)27-15-28-23(20)30(24(21)31)34-14-18-9-6-5-7-10-18/h5-13,15-16,29H,4,14H2,1-3H3. The second kappa shape index (κ2) is 10.1. The normalized spacial score (nSPS) is 11.7. The van der Waals surface area contributed by atoms with Crippen molar-refractivity contribution in [2.24, 2.45) is 0 Å². The van der Waals surface area contributed by atoms with Gasteiger partial charge in [0.2, 0.25) is 0 Å². The number of rotatable bonds is 8. The van der Waals surface area contributed by atoms with Gasteiger partial charge in [-0.2, -0.15) is 0 Å². The highest BCUT2D eigenvalue weighted by molar-refractivity contribution is 6.05. The summed E-state index contributed by atoms with van der Waals surface area (Å²) >= 11 is 0. The maximum atomic E-state index is 13.6. The third-order valence-corrected chi connectivity index (χ3v) is 5.34. The molecule has 3 aromatic heterocycles. The lowest BCUT2D eigenvalue weighted by Gasteiger charge is -2.21. The molecule has 1 atom stereocenters. The van der Waals surface area contributed by atoms with Crippen LogP contribution < -0.4 is 15.7 Å². The van der Waals surface area contributed by atoms with Gasteiger partial charge in [0.1, 0.15) is 12.9 Å². The summed E-state index contributed by atoms with van der Waals surface area (Å²) in [7, 11) is 0. The molecule has 4 aromatic rings. The third-order valence-electron chi connectivity index (χ3n) is 5.34. The van der Waals surface area contributed by atoms with E-state index in [-0.39, 0.29) is 30.5 Å². The number of hydrogen-bond donors (Lipinski definition) is 1. The lowest BCUT2D eigenvalue weighted by Crippen LogP contribution is -2.34. The number of esters is 1. The molecule has 34 heavy (non-hydrogen) atoms. The first kappa shape index (κ1) is 22.9. The number of pyridine rings is 2. The Morgan fingerprint density at radius 3 is 2.65 bits per heavy atom. The molecule has 9 heteroatoms. The molecular weight excluding hydrogens is 434 g/mol. The van der Waals surface area contributed by atoms with Crippen molar-refractivity contribution >= 4 is 22.7 Å². The summed E-state index contributed by atoms with van der Waals surface area (Å²) in [6, 6.07) is 12.9. The molecule has 0 aliphatic carbocycles. The second-order valence-electron chi connectivity index (χ2n) is 7.64. The topological polar surface area (TPSA) is 108 Å². The minimum absolute atomic E-state index is 0.111. The fourth-order valence-corrected chi connectivity index (χ4v) is 3.64. The van der Waals surface area contributed by atoms with Crippen LogP contribution in [0.5, 0.6) is 0 Å². The van der Waals surface area contributed by atoms with Gasteiger partial charge >= 0.3 is 11.5 Å². The molecule has 0 saturated carbocycles. The molecule has 1 unspecified atom stereocenters. The van der Waals surface area contributed by atoms with Gasteiger partial charge in [-0.3, -0.25) is 9.78 Å². The minimum Gasteiger partial charge on any atom is -0.462 e. The van der Waals surface area contributed by atoms with Crippen molar-refractivity contribution in [2.75, 3.05) is 11.9 Å². The SMILES string of the molecule is CCOC(=O)c1c(NC(C)c2cccnc2)c2c(C)ncnc2n(OCc2ccccc2)c1=O. The number of nitrogens with zero attached hydrogens (tertiary/aromatic N) is 4. The van der Waals surface area contributed by atoms with Crippen molar-refractivity contribution in [1.82, 2.24) is 19.7 Å². The van der Waals surface area contributed by atoms with Crippen molar-refractivity contribution in [3.05, 3.63) is 93.9 Å². The molecule has 0 aliphatic rings. The van der Waals surface area contributed by atoms with Crippen molar-refractivity contribution < 1.29 is 14.4 Å². The molecule has 0 aliphatic heterocycles. The Hall–Kier alpha value is -4.27. The van der Waals surface area contributed by atoms with E-state index in [1.807, 2.05) is 49.4 Å². The molecule has 0 amide bonds. The summed E-state index contributed by atoms with van der Waals surface area (Å²) in [6.07, 6.45) is 4.76. The zero-order valence-electron chi connectivity index (χ0n) is 19.2. The van der Waals surface area contributed by atoms with E-state index in [0.29, 0.717) is 16.8 Å². The van der Waals surface area contributed by atoms with Crippen molar-refractivity contribution in [3.63, 3.8) is 0 Å². The van der Waals surface area contributed by atoms with Gasteiger partial charge in [-0.25, -0.2) is 14.8 Å². The molecule has 9 nitrogen and oxygen atoms in total. The summed E-state index contributed by atoms with van der Waals surface area (Å²) in [6.45, 7) is 5.60. The van der Waals surface area contributed by atoms with E-state index in [1.165, 1.54) is 6.33 Å². The van der Waals surface area contributed by atoms with Crippen molar-refractivity contribution in [2.45, 2.75) is 33.4 Å². The van der Waals surface area contributed by atoms with E-state index in [2.05, 4.69) is 20.3 Å². The van der Waals surface area contributed by atoms with Crippen LogP contribution >= 0.6 is 0 Å². The Kier molecular flexibility index (Phi) is 6.82. The number of aryl methyl sites for hydroxylation is 1. The zero-order valence-corrected chi connectivity index (χ0v) is 19.2. The van der Waals surface area contributed by atoms with E-state index < -0.39 is 11.5 Å². The summed E-state index contributed by atoms with van der Waals surface area (Å²) in [5.41, 5.74) is 2.03. The molecule has 0 radical (unpaired) electrons. The van der Waals surface area contributed by atoms with Crippen LogP contribution in [0.3, 0.4) is 0 Å². The molecule has 1 aromatic carbocycles. The number of nitrogens with one attached hydrogen (secondary N) is 1. The number of ether oxygens (including phenoxy) is 1. The van der Waals surface area contributed by atoms with E-state index >= 15 is 0 Å². The molecule has 0 bridgehead atoms. The summed E-state index contributed by atoms with van der Waals surface area (Å²) < 4.78 is 6.29. The van der Waals surface area contributed by atoms with Crippen molar-refractivity contribution in [3.8, 4) is 0 Å². The highest BCUT2D eigenvalue weighted by Gasteiger charge is 2.27. The maximum absolute atomic E-state index is 13.6. The Bertz CT molecular complexity index is 1360. The molecule has 0 spiro atoms. The number of fused-ring (bicyclic) bond motifs is 1. The smallest absolute Gasteiger partial charge is 0.346 e. The van der Waals surface area contributed by atoms with Gasteiger partial charge in [0.15, 0.2) is 11.2 Å².